The summed E-state index contributed by atoms with van der Waals surface area (Å²) in [5.74, 6) is -0.593. The quantitative estimate of drug-likeness (QED) is 0.349. The van der Waals surface area contributed by atoms with Crippen molar-refractivity contribution < 1.29 is 23.5 Å². The number of benzene rings is 3. The summed E-state index contributed by atoms with van der Waals surface area (Å²) in [6.07, 6.45) is 3.92. The number of aliphatic carboxylic acids is 1. The average molecular weight is 530 g/mol. The van der Waals surface area contributed by atoms with Gasteiger partial charge in [-0.25, -0.2) is 13.8 Å². The Labute approximate surface area is 222 Å². The van der Waals surface area contributed by atoms with Gasteiger partial charge >= 0.3 is 5.97 Å². The summed E-state index contributed by atoms with van der Waals surface area (Å²) in [4.78, 5) is 35.5. The maximum Gasteiger partial charge on any atom is 0.306 e. The SMILES string of the molecule is O=C(O)C1CC(Cc2nc3cc(C4C=C(Cc5ccc(F)cc5)ON4)ccc3c(=O)n2-c2ccc(F)cc2)C1. The van der Waals surface area contributed by atoms with Crippen LogP contribution >= 0.6 is 0 Å². The summed E-state index contributed by atoms with van der Waals surface area (Å²) in [5, 5.41) is 9.68. The number of rotatable bonds is 7. The molecule has 2 N–H and O–H groups in total. The predicted octanol–water partition coefficient (Wildman–Crippen LogP) is 5.02. The van der Waals surface area contributed by atoms with Crippen LogP contribution in [0, 0.1) is 23.5 Å². The molecule has 1 saturated carbocycles. The van der Waals surface area contributed by atoms with Gasteiger partial charge in [0.15, 0.2) is 0 Å². The van der Waals surface area contributed by atoms with Crippen molar-refractivity contribution in [1.82, 2.24) is 15.0 Å². The molecule has 0 spiro atoms. The molecule has 2 aliphatic rings. The Morgan fingerprint density at radius 1 is 1.03 bits per heavy atom. The molecule has 7 nitrogen and oxygen atoms in total. The number of hydrogen-bond acceptors (Lipinski definition) is 5. The lowest BCUT2D eigenvalue weighted by atomic mass is 9.73. The standard InChI is InChI=1S/C30H25F2N3O4/c31-21-4-1-17(2-5-21)13-24-16-26(34-39-24)19-3-10-25-27(15-19)33-28(14-18-11-20(12-18)30(37)38)35(29(25)36)23-8-6-22(32)7-9-23/h1-10,15-16,18,20,26,34H,11-14H2,(H,37,38). The van der Waals surface area contributed by atoms with E-state index in [1.807, 2.05) is 18.2 Å². The first-order chi connectivity index (χ1) is 18.8. The number of carboxylic acids is 1. The van der Waals surface area contributed by atoms with Gasteiger partial charge in [0.1, 0.15) is 23.2 Å². The van der Waals surface area contributed by atoms with E-state index in [9.17, 15) is 23.5 Å². The third kappa shape index (κ3) is 5.05. The lowest BCUT2D eigenvalue weighted by Crippen LogP contribution is -2.33. The van der Waals surface area contributed by atoms with E-state index in [4.69, 9.17) is 9.82 Å². The summed E-state index contributed by atoms with van der Waals surface area (Å²) < 4.78 is 28.3. The summed E-state index contributed by atoms with van der Waals surface area (Å²) in [5.41, 5.74) is 5.50. The molecule has 4 aromatic rings. The van der Waals surface area contributed by atoms with Crippen LogP contribution in [0.5, 0.6) is 0 Å². The maximum absolute atomic E-state index is 13.7. The van der Waals surface area contributed by atoms with Crippen LogP contribution < -0.4 is 11.0 Å². The fraction of sp³-hybridized carbons (Fsp3) is 0.233. The summed E-state index contributed by atoms with van der Waals surface area (Å²) in [6.45, 7) is 0. The predicted molar refractivity (Wildman–Crippen MR) is 140 cm³/mol. The van der Waals surface area contributed by atoms with Gasteiger partial charge in [-0.15, -0.1) is 5.48 Å². The highest BCUT2D eigenvalue weighted by molar-refractivity contribution is 5.79. The first-order valence-corrected chi connectivity index (χ1v) is 12.8. The van der Waals surface area contributed by atoms with Gasteiger partial charge in [0, 0.05) is 12.8 Å². The van der Waals surface area contributed by atoms with E-state index in [-0.39, 0.29) is 29.3 Å². The highest BCUT2D eigenvalue weighted by Crippen LogP contribution is 2.36. The first kappa shape index (κ1) is 24.9. The van der Waals surface area contributed by atoms with E-state index in [1.165, 1.54) is 41.0 Å². The van der Waals surface area contributed by atoms with Crippen molar-refractivity contribution >= 4 is 16.9 Å². The van der Waals surface area contributed by atoms with E-state index in [0.29, 0.717) is 53.9 Å². The second kappa shape index (κ2) is 10.1. The lowest BCUT2D eigenvalue weighted by Gasteiger charge is -2.32. The third-order valence-electron chi connectivity index (χ3n) is 7.42. The summed E-state index contributed by atoms with van der Waals surface area (Å²) >= 11 is 0. The van der Waals surface area contributed by atoms with Crippen LogP contribution in [0.4, 0.5) is 8.78 Å². The Hall–Kier alpha value is -4.37. The smallest absolute Gasteiger partial charge is 0.306 e. The molecule has 2 heterocycles. The molecule has 1 aliphatic heterocycles. The molecule has 1 aliphatic carbocycles. The Kier molecular flexibility index (Phi) is 6.44. The van der Waals surface area contributed by atoms with Crippen LogP contribution in [-0.4, -0.2) is 20.6 Å². The van der Waals surface area contributed by atoms with Crippen molar-refractivity contribution in [3.05, 3.63) is 118 Å². The fourth-order valence-corrected chi connectivity index (χ4v) is 5.25. The minimum absolute atomic E-state index is 0.0900. The largest absolute Gasteiger partial charge is 0.481 e. The number of carboxylic acid groups (broad SMARTS) is 1. The molecule has 1 fully saturated rings. The van der Waals surface area contributed by atoms with Crippen LogP contribution in [0.1, 0.15) is 35.8 Å². The monoisotopic (exact) mass is 529 g/mol. The fourth-order valence-electron chi connectivity index (χ4n) is 5.25. The van der Waals surface area contributed by atoms with Crippen molar-refractivity contribution in [1.29, 1.82) is 0 Å². The number of fused-ring (bicyclic) bond motifs is 1. The van der Waals surface area contributed by atoms with Crippen molar-refractivity contribution in [2.45, 2.75) is 31.7 Å². The van der Waals surface area contributed by atoms with Crippen molar-refractivity contribution in [3.63, 3.8) is 0 Å². The summed E-state index contributed by atoms with van der Waals surface area (Å²) in [7, 11) is 0. The molecule has 0 saturated heterocycles. The van der Waals surface area contributed by atoms with Gasteiger partial charge in [0.2, 0.25) is 0 Å². The molecular weight excluding hydrogens is 504 g/mol. The van der Waals surface area contributed by atoms with E-state index in [1.54, 1.807) is 18.2 Å². The molecule has 6 rings (SSSR count). The Balaban J connectivity index is 1.33. The zero-order valence-corrected chi connectivity index (χ0v) is 20.8. The van der Waals surface area contributed by atoms with Crippen LogP contribution in [0.3, 0.4) is 0 Å². The zero-order valence-electron chi connectivity index (χ0n) is 20.8. The van der Waals surface area contributed by atoms with Crippen molar-refractivity contribution in [3.8, 4) is 5.69 Å². The van der Waals surface area contributed by atoms with Crippen LogP contribution in [0.25, 0.3) is 16.6 Å². The highest BCUT2D eigenvalue weighted by Gasteiger charge is 2.35. The number of carbonyl (C=O) groups is 1. The third-order valence-corrected chi connectivity index (χ3v) is 7.42. The van der Waals surface area contributed by atoms with Gasteiger partial charge in [-0.05, 0) is 84.5 Å². The molecule has 3 aromatic carbocycles. The van der Waals surface area contributed by atoms with Gasteiger partial charge in [-0.1, -0.05) is 18.2 Å². The first-order valence-electron chi connectivity index (χ1n) is 12.8. The Bertz CT molecular complexity index is 1640. The van der Waals surface area contributed by atoms with E-state index in [2.05, 4.69) is 5.48 Å². The van der Waals surface area contributed by atoms with E-state index in [0.717, 1.165) is 11.1 Å². The number of nitrogens with zero attached hydrogens (tertiary/aromatic N) is 2. The molecule has 39 heavy (non-hydrogen) atoms. The van der Waals surface area contributed by atoms with E-state index >= 15 is 0 Å². The molecule has 0 amide bonds. The maximum atomic E-state index is 13.7. The molecule has 0 bridgehead atoms. The van der Waals surface area contributed by atoms with Crippen molar-refractivity contribution in [2.24, 2.45) is 11.8 Å². The number of hydroxylamine groups is 1. The van der Waals surface area contributed by atoms with Gasteiger partial charge in [-0.2, -0.15) is 0 Å². The lowest BCUT2D eigenvalue weighted by molar-refractivity contribution is -0.146. The number of allylic oxidation sites excluding steroid dienone is 1. The van der Waals surface area contributed by atoms with Crippen LogP contribution in [0.2, 0.25) is 0 Å². The highest BCUT2D eigenvalue weighted by atomic mass is 19.1. The molecular formula is C30H25F2N3O4. The number of halogens is 2. The van der Waals surface area contributed by atoms with Gasteiger partial charge in [0.05, 0.1) is 28.6 Å². The molecule has 0 radical (unpaired) electrons. The topological polar surface area (TPSA) is 93.5 Å². The van der Waals surface area contributed by atoms with Crippen LogP contribution in [-0.2, 0) is 22.5 Å². The average Bonchev–Trinajstić information content (AvgIpc) is 3.36. The molecule has 1 atom stereocenters. The van der Waals surface area contributed by atoms with Crippen molar-refractivity contribution in [2.75, 3.05) is 0 Å². The van der Waals surface area contributed by atoms with Gasteiger partial charge < -0.3 is 9.94 Å². The van der Waals surface area contributed by atoms with Crippen LogP contribution in [0.15, 0.2) is 83.4 Å². The second-order valence-electron chi connectivity index (χ2n) is 10.1. The number of aromatic nitrogens is 2. The Morgan fingerprint density at radius 2 is 1.72 bits per heavy atom. The zero-order chi connectivity index (χ0) is 27.1. The number of nitrogens with one attached hydrogen (secondary N) is 1. The number of hydrogen-bond donors (Lipinski definition) is 2. The van der Waals surface area contributed by atoms with E-state index < -0.39 is 11.8 Å². The molecule has 198 valence electrons. The second-order valence-corrected chi connectivity index (χ2v) is 10.1. The van der Waals surface area contributed by atoms with Gasteiger partial charge in [-0.3, -0.25) is 14.2 Å². The van der Waals surface area contributed by atoms with Gasteiger partial charge in [0.25, 0.3) is 5.56 Å². The molecule has 9 heteroatoms. The summed E-state index contributed by atoms with van der Waals surface area (Å²) in [6, 6.07) is 17.0. The molecule has 1 unspecified atom stereocenters. The molecule has 1 aromatic heterocycles. The minimum atomic E-state index is -0.809. The Morgan fingerprint density at radius 3 is 2.41 bits per heavy atom. The normalized spacial score (nSPS) is 20.4. The minimum Gasteiger partial charge on any atom is -0.481 e.